The van der Waals surface area contributed by atoms with Crippen LogP contribution in [0.3, 0.4) is 0 Å². The molecular formula is C26H28N6O3. The highest BCUT2D eigenvalue weighted by Crippen LogP contribution is 2.27. The molecule has 0 radical (unpaired) electrons. The van der Waals surface area contributed by atoms with Gasteiger partial charge in [-0.2, -0.15) is 5.10 Å². The Morgan fingerprint density at radius 1 is 1.00 bits per heavy atom. The molecule has 2 aromatic heterocycles. The second kappa shape index (κ2) is 10.1. The van der Waals surface area contributed by atoms with Crippen molar-refractivity contribution < 1.29 is 14.4 Å². The van der Waals surface area contributed by atoms with Crippen molar-refractivity contribution in [2.24, 2.45) is 0 Å². The maximum absolute atomic E-state index is 13.5. The number of pyridine rings is 1. The van der Waals surface area contributed by atoms with E-state index in [4.69, 9.17) is 0 Å². The summed E-state index contributed by atoms with van der Waals surface area (Å²) in [6.45, 7) is 0.104. The van der Waals surface area contributed by atoms with Crippen molar-refractivity contribution in [2.45, 2.75) is 44.7 Å². The van der Waals surface area contributed by atoms with Crippen LogP contribution < -0.4 is 10.2 Å². The quantitative estimate of drug-likeness (QED) is 0.615. The highest BCUT2D eigenvalue weighted by Gasteiger charge is 2.31. The summed E-state index contributed by atoms with van der Waals surface area (Å²) in [7, 11) is 0. The second-order valence-electron chi connectivity index (χ2n) is 9.03. The van der Waals surface area contributed by atoms with Gasteiger partial charge in [-0.25, -0.2) is 9.67 Å². The van der Waals surface area contributed by atoms with Crippen molar-refractivity contribution >= 4 is 23.4 Å². The minimum atomic E-state index is -0.321. The molecule has 1 aliphatic heterocycles. The van der Waals surface area contributed by atoms with Crippen molar-refractivity contribution in [1.29, 1.82) is 0 Å². The van der Waals surface area contributed by atoms with Gasteiger partial charge in [0.15, 0.2) is 5.82 Å². The zero-order chi connectivity index (χ0) is 24.2. The fourth-order valence-electron chi connectivity index (χ4n) is 4.75. The number of hydrogen-bond donors (Lipinski definition) is 1. The Bertz CT molecular complexity index is 1200. The molecule has 180 valence electrons. The number of fused-ring (bicyclic) bond motifs is 1. The smallest absolute Gasteiger partial charge is 0.260 e. The van der Waals surface area contributed by atoms with Crippen LogP contribution in [0.25, 0.3) is 5.82 Å². The first-order chi connectivity index (χ1) is 17.1. The van der Waals surface area contributed by atoms with Crippen LogP contribution >= 0.6 is 0 Å². The van der Waals surface area contributed by atoms with Crippen molar-refractivity contribution in [3.8, 4) is 5.82 Å². The Balaban J connectivity index is 1.33. The standard InChI is InChI=1S/C26H28N6O3/c33-24(29-21-8-2-1-3-9-21)17-30-16-20-7-4-5-10-22(20)31(18-25(30)34)26(35)19-11-12-23(27-15-19)32-14-6-13-28-32/h4-7,10-15,21H,1-3,8-9,16-18H2,(H,29,33). The van der Waals surface area contributed by atoms with Crippen LogP contribution in [-0.2, 0) is 16.1 Å². The predicted octanol–water partition coefficient (Wildman–Crippen LogP) is 2.71. The molecule has 0 spiro atoms. The van der Waals surface area contributed by atoms with Gasteiger partial charge in [0.05, 0.1) is 12.1 Å². The van der Waals surface area contributed by atoms with Crippen LogP contribution in [-0.4, -0.2) is 56.5 Å². The Morgan fingerprint density at radius 2 is 1.83 bits per heavy atom. The van der Waals surface area contributed by atoms with Gasteiger partial charge in [-0.05, 0) is 42.7 Å². The molecule has 0 unspecified atom stereocenters. The van der Waals surface area contributed by atoms with E-state index >= 15 is 0 Å². The van der Waals surface area contributed by atoms with Crippen molar-refractivity contribution in [2.75, 3.05) is 18.0 Å². The molecule has 9 heteroatoms. The zero-order valence-electron chi connectivity index (χ0n) is 19.5. The van der Waals surface area contributed by atoms with E-state index in [0.717, 1.165) is 31.2 Å². The van der Waals surface area contributed by atoms with Crippen LogP contribution in [0, 0.1) is 0 Å². The van der Waals surface area contributed by atoms with Gasteiger partial charge < -0.3 is 10.2 Å². The average molecular weight is 473 g/mol. The van der Waals surface area contributed by atoms with Crippen molar-refractivity contribution in [1.82, 2.24) is 25.0 Å². The van der Waals surface area contributed by atoms with E-state index in [1.807, 2.05) is 24.3 Å². The molecule has 0 atom stereocenters. The van der Waals surface area contributed by atoms with Gasteiger partial charge in [-0.3, -0.25) is 19.3 Å². The van der Waals surface area contributed by atoms with E-state index in [-0.39, 0.29) is 43.4 Å². The molecule has 5 rings (SSSR count). The van der Waals surface area contributed by atoms with Gasteiger partial charge in [-0.1, -0.05) is 37.5 Å². The summed E-state index contributed by atoms with van der Waals surface area (Å²) < 4.78 is 1.61. The Kier molecular flexibility index (Phi) is 6.56. The molecule has 1 aliphatic carbocycles. The summed E-state index contributed by atoms with van der Waals surface area (Å²) in [6, 6.07) is 12.8. The Hall–Kier alpha value is -4.01. The number of carbonyl (C=O) groups excluding carboxylic acids is 3. The second-order valence-corrected chi connectivity index (χ2v) is 9.03. The van der Waals surface area contributed by atoms with Gasteiger partial charge in [0.2, 0.25) is 11.8 Å². The van der Waals surface area contributed by atoms with Gasteiger partial charge in [0.1, 0.15) is 6.54 Å². The maximum Gasteiger partial charge on any atom is 0.260 e. The average Bonchev–Trinajstić information content (AvgIpc) is 3.38. The fraction of sp³-hybridized carbons (Fsp3) is 0.346. The van der Waals surface area contributed by atoms with E-state index in [9.17, 15) is 14.4 Å². The molecule has 0 bridgehead atoms. The summed E-state index contributed by atoms with van der Waals surface area (Å²) in [5.74, 6) is -0.150. The Morgan fingerprint density at radius 3 is 2.57 bits per heavy atom. The van der Waals surface area contributed by atoms with Gasteiger partial charge in [-0.15, -0.1) is 0 Å². The van der Waals surface area contributed by atoms with E-state index in [0.29, 0.717) is 17.1 Å². The first kappa shape index (κ1) is 22.8. The molecule has 3 heterocycles. The van der Waals surface area contributed by atoms with Crippen LogP contribution in [0.5, 0.6) is 0 Å². The fourth-order valence-corrected chi connectivity index (χ4v) is 4.75. The number of benzene rings is 1. The monoisotopic (exact) mass is 472 g/mol. The van der Waals surface area contributed by atoms with Crippen molar-refractivity contribution in [3.63, 3.8) is 0 Å². The summed E-state index contributed by atoms with van der Waals surface area (Å²) in [5.41, 5.74) is 1.85. The normalized spacial score (nSPS) is 16.5. The summed E-state index contributed by atoms with van der Waals surface area (Å²) in [4.78, 5) is 46.7. The lowest BCUT2D eigenvalue weighted by atomic mass is 9.95. The molecule has 1 fully saturated rings. The molecule has 2 aliphatic rings. The van der Waals surface area contributed by atoms with Crippen LogP contribution in [0.2, 0.25) is 0 Å². The topological polar surface area (TPSA) is 100 Å². The lowest BCUT2D eigenvalue weighted by Gasteiger charge is -2.25. The SMILES string of the molecule is O=C(CN1Cc2ccccc2N(C(=O)c2ccc(-n3cccn3)nc2)CC1=O)NC1CCCCC1. The summed E-state index contributed by atoms with van der Waals surface area (Å²) >= 11 is 0. The molecule has 9 nitrogen and oxygen atoms in total. The molecule has 1 aromatic carbocycles. The first-order valence-corrected chi connectivity index (χ1v) is 12.0. The number of hydrogen-bond acceptors (Lipinski definition) is 5. The summed E-state index contributed by atoms with van der Waals surface area (Å²) in [5, 5.41) is 7.23. The van der Waals surface area contributed by atoms with Crippen molar-refractivity contribution in [3.05, 3.63) is 72.2 Å². The Labute approximate surface area is 203 Å². The molecule has 3 amide bonds. The highest BCUT2D eigenvalue weighted by atomic mass is 16.2. The van der Waals surface area contributed by atoms with E-state index in [2.05, 4.69) is 15.4 Å². The third-order valence-corrected chi connectivity index (χ3v) is 6.57. The molecule has 1 saturated carbocycles. The zero-order valence-corrected chi connectivity index (χ0v) is 19.5. The van der Waals surface area contributed by atoms with Gasteiger partial charge in [0, 0.05) is 36.9 Å². The van der Waals surface area contributed by atoms with E-state index < -0.39 is 0 Å². The lowest BCUT2D eigenvalue weighted by molar-refractivity contribution is -0.135. The van der Waals surface area contributed by atoms with Crippen LogP contribution in [0.1, 0.15) is 48.0 Å². The van der Waals surface area contributed by atoms with Gasteiger partial charge >= 0.3 is 0 Å². The number of nitrogens with zero attached hydrogens (tertiary/aromatic N) is 5. The van der Waals surface area contributed by atoms with E-state index in [1.54, 1.807) is 35.3 Å². The van der Waals surface area contributed by atoms with Crippen LogP contribution in [0.4, 0.5) is 5.69 Å². The molecular weight excluding hydrogens is 444 g/mol. The largest absolute Gasteiger partial charge is 0.352 e. The number of carbonyl (C=O) groups is 3. The van der Waals surface area contributed by atoms with Gasteiger partial charge in [0.25, 0.3) is 5.91 Å². The summed E-state index contributed by atoms with van der Waals surface area (Å²) in [6.07, 6.45) is 10.3. The first-order valence-electron chi connectivity index (χ1n) is 12.0. The number of anilines is 1. The third-order valence-electron chi connectivity index (χ3n) is 6.57. The number of rotatable bonds is 5. The number of aromatic nitrogens is 3. The maximum atomic E-state index is 13.5. The highest BCUT2D eigenvalue weighted by molar-refractivity contribution is 6.09. The molecule has 1 N–H and O–H groups in total. The minimum absolute atomic E-state index is 0.0220. The number of amides is 3. The minimum Gasteiger partial charge on any atom is -0.352 e. The predicted molar refractivity (Wildman–Crippen MR) is 130 cm³/mol. The third kappa shape index (κ3) is 5.08. The molecule has 0 saturated heterocycles. The number of para-hydroxylation sites is 1. The molecule has 35 heavy (non-hydrogen) atoms. The number of nitrogens with one attached hydrogen (secondary N) is 1. The lowest BCUT2D eigenvalue weighted by Crippen LogP contribution is -2.46. The van der Waals surface area contributed by atoms with E-state index in [1.165, 1.54) is 22.4 Å². The molecule has 3 aromatic rings. The van der Waals surface area contributed by atoms with Crippen LogP contribution in [0.15, 0.2) is 61.1 Å².